The summed E-state index contributed by atoms with van der Waals surface area (Å²) in [5.74, 6) is 0.554. The van der Waals surface area contributed by atoms with Crippen molar-refractivity contribution in [2.75, 3.05) is 11.9 Å². The van der Waals surface area contributed by atoms with E-state index in [1.54, 1.807) is 4.68 Å². The number of likely N-dealkylation sites (tertiary alicyclic amines) is 1. The normalized spacial score (nSPS) is 19.7. The zero-order chi connectivity index (χ0) is 21.3. The third kappa shape index (κ3) is 5.33. The van der Waals surface area contributed by atoms with Gasteiger partial charge in [0.15, 0.2) is 5.96 Å². The predicted octanol–water partition coefficient (Wildman–Crippen LogP) is 3.77. The van der Waals surface area contributed by atoms with Gasteiger partial charge in [-0.1, -0.05) is 6.07 Å². The van der Waals surface area contributed by atoms with Crippen LogP contribution in [0.25, 0.3) is 0 Å². The maximum atomic E-state index is 12.8. The zero-order valence-electron chi connectivity index (χ0n) is 18.6. The second-order valence-corrected chi connectivity index (χ2v) is 8.94. The first-order valence-corrected chi connectivity index (χ1v) is 10.0. The van der Waals surface area contributed by atoms with Gasteiger partial charge in [-0.2, -0.15) is 5.10 Å². The number of amides is 1. The molecule has 2 heterocycles. The lowest BCUT2D eigenvalue weighted by molar-refractivity contribution is -0.133. The highest BCUT2D eigenvalue weighted by atomic mass is 127. The van der Waals surface area contributed by atoms with E-state index >= 15 is 0 Å². The number of hydrogen-bond acceptors (Lipinski definition) is 3. The Morgan fingerprint density at radius 2 is 2.00 bits per heavy atom. The van der Waals surface area contributed by atoms with Crippen LogP contribution >= 0.6 is 24.0 Å². The Labute approximate surface area is 196 Å². The fraction of sp³-hybridized carbons (Fsp3) is 0.500. The molecule has 7 nitrogen and oxygen atoms in total. The van der Waals surface area contributed by atoms with Crippen molar-refractivity contribution in [2.24, 2.45) is 23.7 Å². The van der Waals surface area contributed by atoms with Crippen LogP contribution in [0.3, 0.4) is 0 Å². The van der Waals surface area contributed by atoms with E-state index < -0.39 is 0 Å². The fourth-order valence-electron chi connectivity index (χ4n) is 3.99. The van der Waals surface area contributed by atoms with Gasteiger partial charge >= 0.3 is 0 Å². The highest BCUT2D eigenvalue weighted by Gasteiger charge is 2.45. The Morgan fingerprint density at radius 1 is 1.30 bits per heavy atom. The summed E-state index contributed by atoms with van der Waals surface area (Å²) in [4.78, 5) is 19.4. The molecule has 0 aliphatic carbocycles. The number of halogens is 1. The molecular formula is C22H33IN6O. The number of nitrogens with zero attached hydrogens (tertiary/aromatic N) is 4. The monoisotopic (exact) mass is 524 g/mol. The zero-order valence-corrected chi connectivity index (χ0v) is 21.0. The van der Waals surface area contributed by atoms with Crippen LogP contribution in [-0.4, -0.2) is 38.6 Å². The van der Waals surface area contributed by atoms with Crippen molar-refractivity contribution in [3.8, 4) is 0 Å². The highest BCUT2D eigenvalue weighted by Crippen LogP contribution is 2.42. The summed E-state index contributed by atoms with van der Waals surface area (Å²) >= 11 is 0. The van der Waals surface area contributed by atoms with Gasteiger partial charge in [0, 0.05) is 48.9 Å². The van der Waals surface area contributed by atoms with E-state index in [-0.39, 0.29) is 47.4 Å². The summed E-state index contributed by atoms with van der Waals surface area (Å²) in [6.45, 7) is 10.8. The van der Waals surface area contributed by atoms with Gasteiger partial charge in [0.25, 0.3) is 0 Å². The number of nitrogens with two attached hydrogens (primary N) is 1. The quantitative estimate of drug-likeness (QED) is 0.362. The largest absolute Gasteiger partial charge is 0.370 e. The minimum atomic E-state index is -0.278. The molecule has 30 heavy (non-hydrogen) atoms. The van der Waals surface area contributed by atoms with Gasteiger partial charge in [-0.25, -0.2) is 0 Å². The van der Waals surface area contributed by atoms with Gasteiger partial charge in [-0.05, 0) is 57.9 Å². The van der Waals surface area contributed by atoms with Gasteiger partial charge in [0.2, 0.25) is 5.91 Å². The van der Waals surface area contributed by atoms with Crippen molar-refractivity contribution in [3.63, 3.8) is 0 Å². The Kier molecular flexibility index (Phi) is 7.54. The lowest BCUT2D eigenvalue weighted by atomic mass is 9.93. The molecule has 0 unspecified atom stereocenters. The topological polar surface area (TPSA) is 88.5 Å². The lowest BCUT2D eigenvalue weighted by Crippen LogP contribution is -2.44. The molecule has 1 amide bonds. The van der Waals surface area contributed by atoms with Crippen molar-refractivity contribution in [3.05, 3.63) is 47.3 Å². The van der Waals surface area contributed by atoms with Crippen LogP contribution in [0.15, 0.2) is 35.6 Å². The molecule has 0 radical (unpaired) electrons. The summed E-state index contributed by atoms with van der Waals surface area (Å²) in [6, 6.07) is 6.04. The molecule has 1 aromatic heterocycles. The van der Waals surface area contributed by atoms with Crippen LogP contribution in [0, 0.1) is 19.8 Å². The van der Waals surface area contributed by atoms with E-state index in [9.17, 15) is 4.79 Å². The number of carbonyl (C=O) groups excluding carboxylic acids is 1. The van der Waals surface area contributed by atoms with Crippen LogP contribution in [-0.2, 0) is 11.8 Å². The molecule has 3 rings (SSSR count). The second kappa shape index (κ2) is 9.36. The van der Waals surface area contributed by atoms with Crippen molar-refractivity contribution in [2.45, 2.75) is 52.6 Å². The molecule has 0 saturated carbocycles. The fourth-order valence-corrected chi connectivity index (χ4v) is 3.99. The average Bonchev–Trinajstić information content (AvgIpc) is 3.18. The molecule has 1 aromatic carbocycles. The van der Waals surface area contributed by atoms with Crippen LogP contribution in [0.5, 0.6) is 0 Å². The van der Waals surface area contributed by atoms with Crippen molar-refractivity contribution >= 4 is 41.5 Å². The Hall–Kier alpha value is -2.10. The molecular weight excluding hydrogens is 491 g/mol. The minimum absolute atomic E-state index is 0. The number of aliphatic imine (C=N–C) groups is 1. The summed E-state index contributed by atoms with van der Waals surface area (Å²) in [6.07, 6.45) is 4.28. The van der Waals surface area contributed by atoms with Gasteiger partial charge in [-0.3, -0.25) is 14.5 Å². The number of benzene rings is 1. The number of aryl methyl sites for hydroxylation is 3. The maximum Gasteiger partial charge on any atom is 0.223 e. The Balaban J connectivity index is 0.00000320. The molecule has 3 N–H and O–H groups in total. The maximum absolute atomic E-state index is 12.8. The van der Waals surface area contributed by atoms with Crippen LogP contribution in [0.4, 0.5) is 5.69 Å². The smallest absolute Gasteiger partial charge is 0.223 e. The van der Waals surface area contributed by atoms with E-state index in [1.807, 2.05) is 30.4 Å². The number of nitrogens with one attached hydrogen (secondary N) is 1. The molecule has 164 valence electrons. The highest BCUT2D eigenvalue weighted by molar-refractivity contribution is 14.0. The molecule has 1 aliphatic heterocycles. The molecule has 1 saturated heterocycles. The second-order valence-electron chi connectivity index (χ2n) is 8.94. The third-order valence-electron chi connectivity index (χ3n) is 5.49. The van der Waals surface area contributed by atoms with E-state index in [4.69, 9.17) is 5.73 Å². The molecule has 1 fully saturated rings. The van der Waals surface area contributed by atoms with Crippen molar-refractivity contribution in [1.82, 2.24) is 14.7 Å². The summed E-state index contributed by atoms with van der Waals surface area (Å²) in [7, 11) is 1.89. The van der Waals surface area contributed by atoms with Crippen molar-refractivity contribution < 1.29 is 4.79 Å². The van der Waals surface area contributed by atoms with E-state index in [1.165, 1.54) is 11.1 Å². The molecule has 2 aromatic rings. The number of hydrogen-bond donors (Lipinski definition) is 2. The van der Waals surface area contributed by atoms with Gasteiger partial charge in [0.05, 0.1) is 12.2 Å². The molecule has 1 aliphatic rings. The molecule has 8 heteroatoms. The first-order valence-electron chi connectivity index (χ1n) is 10.0. The Morgan fingerprint density at radius 3 is 2.57 bits per heavy atom. The standard InChI is InChI=1S/C22H32N6O.HI/c1-14-7-8-18(9-15(14)2)26-21(23)24-11-16-10-19(29)28(22(3,4)5)20(16)17-12-25-27(6)13-17;/h7-9,12-13,16,20H,10-11H2,1-6H3,(H3,23,24,26);1H/t16-,20+;/m0./s1. The minimum Gasteiger partial charge on any atom is -0.370 e. The predicted molar refractivity (Wildman–Crippen MR) is 132 cm³/mol. The van der Waals surface area contributed by atoms with Crippen LogP contribution in [0.1, 0.15) is 49.9 Å². The number of rotatable bonds is 4. The molecule has 0 bridgehead atoms. The van der Waals surface area contributed by atoms with Crippen molar-refractivity contribution in [1.29, 1.82) is 0 Å². The first-order chi connectivity index (χ1) is 13.6. The summed E-state index contributed by atoms with van der Waals surface area (Å²) in [5.41, 5.74) is 10.2. The molecule has 0 spiro atoms. The SMILES string of the molecule is Cc1ccc(NC(N)=NC[C@@H]2CC(=O)N(C(C)(C)C)[C@H]2c2cnn(C)c2)cc1C.I. The lowest BCUT2D eigenvalue weighted by Gasteiger charge is -2.38. The Bertz CT molecular complexity index is 930. The van der Waals surface area contributed by atoms with E-state index in [0.717, 1.165) is 11.3 Å². The number of guanidine groups is 1. The first kappa shape index (κ1) is 24.2. The van der Waals surface area contributed by atoms with E-state index in [2.05, 4.69) is 62.2 Å². The number of carbonyl (C=O) groups is 1. The molecule has 2 atom stereocenters. The summed E-state index contributed by atoms with van der Waals surface area (Å²) in [5, 5.41) is 7.47. The van der Waals surface area contributed by atoms with Crippen LogP contribution in [0.2, 0.25) is 0 Å². The number of anilines is 1. The third-order valence-corrected chi connectivity index (χ3v) is 5.49. The van der Waals surface area contributed by atoms with Gasteiger partial charge < -0.3 is 16.0 Å². The van der Waals surface area contributed by atoms with Gasteiger partial charge in [-0.15, -0.1) is 24.0 Å². The number of aromatic nitrogens is 2. The van der Waals surface area contributed by atoms with Crippen LogP contribution < -0.4 is 11.1 Å². The van der Waals surface area contributed by atoms with E-state index in [0.29, 0.717) is 18.9 Å². The average molecular weight is 524 g/mol. The van der Waals surface area contributed by atoms with Gasteiger partial charge in [0.1, 0.15) is 0 Å². The summed E-state index contributed by atoms with van der Waals surface area (Å²) < 4.78 is 1.77.